The largest absolute Gasteiger partial charge is 0.304 e. The first-order valence-electron chi connectivity index (χ1n) is 7.70. The fraction of sp³-hybridized carbons (Fsp3) is 0.625. The number of hydrogen-bond donors (Lipinski definition) is 1. The van der Waals surface area contributed by atoms with Crippen molar-refractivity contribution in [2.75, 3.05) is 19.6 Å². The molecule has 1 atom stereocenters. The third-order valence-corrected chi connectivity index (χ3v) is 5.30. The minimum Gasteiger partial charge on any atom is -0.304 e. The molecule has 120 valence electrons. The lowest BCUT2D eigenvalue weighted by Crippen LogP contribution is -2.33. The minimum atomic E-state index is -3.40. The van der Waals surface area contributed by atoms with Crippen molar-refractivity contribution in [1.29, 1.82) is 0 Å². The minimum absolute atomic E-state index is 0.0492. The van der Waals surface area contributed by atoms with Crippen LogP contribution in [0, 0.1) is 6.92 Å². The van der Waals surface area contributed by atoms with E-state index in [9.17, 15) is 8.42 Å². The summed E-state index contributed by atoms with van der Waals surface area (Å²) in [5.74, 6) is 0. The number of nitrogens with zero attached hydrogens (tertiary/aromatic N) is 1. The van der Waals surface area contributed by atoms with Gasteiger partial charge in [-0.25, -0.2) is 13.1 Å². The molecule has 0 aromatic heterocycles. The van der Waals surface area contributed by atoms with Crippen LogP contribution in [-0.4, -0.2) is 39.0 Å². The van der Waals surface area contributed by atoms with E-state index in [0.717, 1.165) is 38.0 Å². The highest BCUT2D eigenvalue weighted by Crippen LogP contribution is 2.11. The summed E-state index contributed by atoms with van der Waals surface area (Å²) >= 11 is 0. The van der Waals surface area contributed by atoms with Gasteiger partial charge in [-0.15, -0.1) is 0 Å². The summed E-state index contributed by atoms with van der Waals surface area (Å²) in [6.07, 6.45) is 1.85. The number of rotatable bonds is 9. The molecule has 1 aromatic rings. The van der Waals surface area contributed by atoms with Crippen LogP contribution in [0.1, 0.15) is 39.2 Å². The molecule has 21 heavy (non-hydrogen) atoms. The molecule has 0 fully saturated rings. The molecule has 0 aliphatic rings. The third-order valence-electron chi connectivity index (χ3n) is 3.69. The van der Waals surface area contributed by atoms with E-state index >= 15 is 0 Å². The fourth-order valence-electron chi connectivity index (χ4n) is 2.27. The van der Waals surface area contributed by atoms with Crippen molar-refractivity contribution >= 4 is 10.0 Å². The molecule has 0 spiro atoms. The summed E-state index contributed by atoms with van der Waals surface area (Å²) in [5.41, 5.74) is 1.06. The number of nitrogens with one attached hydrogen (secondary N) is 1. The summed E-state index contributed by atoms with van der Waals surface area (Å²) in [5, 5.41) is 0. The van der Waals surface area contributed by atoms with Gasteiger partial charge in [-0.05, 0) is 58.5 Å². The van der Waals surface area contributed by atoms with Crippen molar-refractivity contribution in [1.82, 2.24) is 9.62 Å². The van der Waals surface area contributed by atoms with Crippen molar-refractivity contribution in [2.24, 2.45) is 0 Å². The summed E-state index contributed by atoms with van der Waals surface area (Å²) in [4.78, 5) is 2.69. The highest BCUT2D eigenvalue weighted by molar-refractivity contribution is 7.89. The Morgan fingerprint density at radius 1 is 1.14 bits per heavy atom. The van der Waals surface area contributed by atoms with E-state index in [-0.39, 0.29) is 6.04 Å². The molecule has 4 nitrogen and oxygen atoms in total. The molecule has 0 heterocycles. The van der Waals surface area contributed by atoms with Crippen LogP contribution in [0.2, 0.25) is 0 Å². The van der Waals surface area contributed by atoms with Gasteiger partial charge in [-0.1, -0.05) is 31.5 Å². The van der Waals surface area contributed by atoms with Crippen LogP contribution in [0.4, 0.5) is 0 Å². The summed E-state index contributed by atoms with van der Waals surface area (Å²) in [6.45, 7) is 11.3. The standard InChI is InChI=1S/C16H28N2O2S/c1-5-18(6-2)13-7-8-15(4)17-21(19,20)16-11-9-14(3)10-12-16/h9-12,15,17H,5-8,13H2,1-4H3. The van der Waals surface area contributed by atoms with E-state index in [0.29, 0.717) is 4.90 Å². The molecule has 0 radical (unpaired) electrons. The van der Waals surface area contributed by atoms with Crippen LogP contribution in [0.5, 0.6) is 0 Å². The van der Waals surface area contributed by atoms with E-state index < -0.39 is 10.0 Å². The van der Waals surface area contributed by atoms with Gasteiger partial charge in [0, 0.05) is 6.04 Å². The maximum Gasteiger partial charge on any atom is 0.240 e. The molecule has 1 N–H and O–H groups in total. The molecule has 0 saturated heterocycles. The zero-order valence-corrected chi connectivity index (χ0v) is 14.4. The van der Waals surface area contributed by atoms with E-state index in [1.165, 1.54) is 0 Å². The van der Waals surface area contributed by atoms with Crippen molar-refractivity contribution in [3.05, 3.63) is 29.8 Å². The van der Waals surface area contributed by atoms with E-state index in [2.05, 4.69) is 23.5 Å². The number of hydrogen-bond acceptors (Lipinski definition) is 3. The summed E-state index contributed by atoms with van der Waals surface area (Å²) in [6, 6.07) is 6.90. The van der Waals surface area contributed by atoms with Crippen molar-refractivity contribution in [3.8, 4) is 0 Å². The Bertz CT molecular complexity index is 508. The molecule has 0 aliphatic carbocycles. The van der Waals surface area contributed by atoms with Crippen molar-refractivity contribution in [3.63, 3.8) is 0 Å². The SMILES string of the molecule is CCN(CC)CCCC(C)NS(=O)(=O)c1ccc(C)cc1. The van der Waals surface area contributed by atoms with Crippen LogP contribution in [0.3, 0.4) is 0 Å². The molecular formula is C16H28N2O2S. The number of aryl methyl sites for hydroxylation is 1. The van der Waals surface area contributed by atoms with E-state index in [1.54, 1.807) is 12.1 Å². The molecule has 0 amide bonds. The van der Waals surface area contributed by atoms with Crippen LogP contribution >= 0.6 is 0 Å². The zero-order valence-electron chi connectivity index (χ0n) is 13.6. The topological polar surface area (TPSA) is 49.4 Å². The molecule has 1 rings (SSSR count). The van der Waals surface area contributed by atoms with Crippen molar-refractivity contribution in [2.45, 2.75) is 51.5 Å². The first-order chi connectivity index (χ1) is 9.89. The Morgan fingerprint density at radius 3 is 2.24 bits per heavy atom. The predicted octanol–water partition coefficient (Wildman–Crippen LogP) is 2.78. The summed E-state index contributed by atoms with van der Waals surface area (Å²) < 4.78 is 27.2. The van der Waals surface area contributed by atoms with Crippen molar-refractivity contribution < 1.29 is 8.42 Å². The maximum atomic E-state index is 12.2. The van der Waals surface area contributed by atoms with Gasteiger partial charge in [-0.2, -0.15) is 0 Å². The second kappa shape index (κ2) is 8.51. The van der Waals surface area contributed by atoms with Crippen LogP contribution in [0.25, 0.3) is 0 Å². The Morgan fingerprint density at radius 2 is 1.71 bits per heavy atom. The van der Waals surface area contributed by atoms with Gasteiger partial charge in [0.1, 0.15) is 0 Å². The quantitative estimate of drug-likeness (QED) is 0.763. The van der Waals surface area contributed by atoms with Crippen LogP contribution in [0.15, 0.2) is 29.2 Å². The Labute approximate surface area is 129 Å². The zero-order chi connectivity index (χ0) is 15.9. The smallest absolute Gasteiger partial charge is 0.240 e. The average molecular weight is 312 g/mol. The molecule has 1 aromatic carbocycles. The first kappa shape index (κ1) is 18.1. The van der Waals surface area contributed by atoms with Gasteiger partial charge in [0.25, 0.3) is 0 Å². The van der Waals surface area contributed by atoms with Gasteiger partial charge in [0.2, 0.25) is 10.0 Å². The lowest BCUT2D eigenvalue weighted by atomic mass is 10.2. The van der Waals surface area contributed by atoms with Gasteiger partial charge >= 0.3 is 0 Å². The molecule has 5 heteroatoms. The fourth-order valence-corrected chi connectivity index (χ4v) is 3.55. The lowest BCUT2D eigenvalue weighted by Gasteiger charge is -2.19. The molecule has 0 bridgehead atoms. The van der Waals surface area contributed by atoms with Crippen LogP contribution < -0.4 is 4.72 Å². The molecule has 1 unspecified atom stereocenters. The monoisotopic (exact) mass is 312 g/mol. The number of benzene rings is 1. The predicted molar refractivity (Wildman–Crippen MR) is 88.0 cm³/mol. The van der Waals surface area contributed by atoms with Gasteiger partial charge in [0.15, 0.2) is 0 Å². The van der Waals surface area contributed by atoms with E-state index in [1.807, 2.05) is 26.0 Å². The second-order valence-corrected chi connectivity index (χ2v) is 7.22. The maximum absolute atomic E-state index is 12.2. The Balaban J connectivity index is 2.49. The molecule has 0 saturated carbocycles. The lowest BCUT2D eigenvalue weighted by molar-refractivity contribution is 0.293. The molecule has 0 aliphatic heterocycles. The highest BCUT2D eigenvalue weighted by Gasteiger charge is 2.16. The Hall–Kier alpha value is -0.910. The highest BCUT2D eigenvalue weighted by atomic mass is 32.2. The van der Waals surface area contributed by atoms with Gasteiger partial charge in [0.05, 0.1) is 4.90 Å². The van der Waals surface area contributed by atoms with Gasteiger partial charge < -0.3 is 4.90 Å². The Kier molecular flexibility index (Phi) is 7.35. The van der Waals surface area contributed by atoms with Gasteiger partial charge in [-0.3, -0.25) is 0 Å². The second-order valence-electron chi connectivity index (χ2n) is 5.50. The van der Waals surface area contributed by atoms with Crippen LogP contribution in [-0.2, 0) is 10.0 Å². The average Bonchev–Trinajstić information content (AvgIpc) is 2.43. The molecular weight excluding hydrogens is 284 g/mol. The van der Waals surface area contributed by atoms with E-state index in [4.69, 9.17) is 0 Å². The first-order valence-corrected chi connectivity index (χ1v) is 9.18. The summed E-state index contributed by atoms with van der Waals surface area (Å²) in [7, 11) is -3.40. The normalized spacial score (nSPS) is 13.6. The third kappa shape index (κ3) is 6.16. The number of sulfonamides is 1.